The molecule has 25 heavy (non-hydrogen) atoms. The first-order chi connectivity index (χ1) is 11.9. The van der Waals surface area contributed by atoms with Crippen LogP contribution in [0.25, 0.3) is 0 Å². The second-order valence-electron chi connectivity index (χ2n) is 6.19. The van der Waals surface area contributed by atoms with E-state index in [0.717, 1.165) is 24.2 Å². The lowest BCUT2D eigenvalue weighted by molar-refractivity contribution is -0.121. The Kier molecular flexibility index (Phi) is 6.64. The molecule has 138 valence electrons. The molecule has 0 spiro atoms. The molecule has 1 heterocycles. The molecule has 8 heteroatoms. The molecule has 0 radical (unpaired) electrons. The zero-order chi connectivity index (χ0) is 18.4. The van der Waals surface area contributed by atoms with Crippen LogP contribution in [0.1, 0.15) is 25.3 Å². The van der Waals surface area contributed by atoms with Gasteiger partial charge in [0.1, 0.15) is 5.75 Å². The van der Waals surface area contributed by atoms with E-state index in [1.54, 1.807) is 20.1 Å². The van der Waals surface area contributed by atoms with Crippen LogP contribution in [0.5, 0.6) is 5.75 Å². The molecule has 1 aromatic carbocycles. The molecule has 2 rings (SSSR count). The fourth-order valence-electron chi connectivity index (χ4n) is 3.07. The lowest BCUT2D eigenvalue weighted by atomic mass is 9.73. The van der Waals surface area contributed by atoms with Gasteiger partial charge in [0.15, 0.2) is 0 Å². The molecule has 1 saturated heterocycles. The fourth-order valence-corrected chi connectivity index (χ4v) is 3.24. The van der Waals surface area contributed by atoms with Gasteiger partial charge in [-0.2, -0.15) is 0 Å². The fraction of sp³-hybridized carbons (Fsp3) is 0.529. The van der Waals surface area contributed by atoms with Crippen molar-refractivity contribution >= 4 is 23.5 Å². The van der Waals surface area contributed by atoms with Gasteiger partial charge in [0, 0.05) is 35.8 Å². The first kappa shape index (κ1) is 19.5. The van der Waals surface area contributed by atoms with Crippen LogP contribution in [0.3, 0.4) is 0 Å². The van der Waals surface area contributed by atoms with Crippen molar-refractivity contribution in [3.05, 3.63) is 28.8 Å². The van der Waals surface area contributed by atoms with Crippen molar-refractivity contribution in [2.45, 2.75) is 31.2 Å². The summed E-state index contributed by atoms with van der Waals surface area (Å²) in [6.07, 6.45) is 1.53. The number of carbonyl (C=O) groups excluding carboxylic acids is 2. The second-order valence-corrected chi connectivity index (χ2v) is 6.63. The maximum Gasteiger partial charge on any atom is 0.318 e. The molecule has 0 aliphatic carbocycles. The molecule has 7 nitrogen and oxygen atoms in total. The minimum Gasteiger partial charge on any atom is -0.496 e. The summed E-state index contributed by atoms with van der Waals surface area (Å²) in [6, 6.07) is 4.10. The van der Waals surface area contributed by atoms with Crippen LogP contribution in [0.15, 0.2) is 18.2 Å². The molecule has 1 atom stereocenters. The van der Waals surface area contributed by atoms with Gasteiger partial charge in [-0.1, -0.05) is 11.6 Å². The largest absolute Gasteiger partial charge is 0.496 e. The molecule has 1 aromatic rings. The summed E-state index contributed by atoms with van der Waals surface area (Å²) in [5.74, 6) is 0.287. The number of nitrogens with two attached hydrogens (primary N) is 1. The topological polar surface area (TPSA) is 103 Å². The van der Waals surface area contributed by atoms with Gasteiger partial charge in [-0.25, -0.2) is 4.79 Å². The molecule has 1 aliphatic heterocycles. The average Bonchev–Trinajstić information content (AvgIpc) is 2.59. The van der Waals surface area contributed by atoms with E-state index in [2.05, 4.69) is 10.6 Å². The Morgan fingerprint density at radius 3 is 2.68 bits per heavy atom. The molecule has 1 fully saturated rings. The maximum atomic E-state index is 11.9. The van der Waals surface area contributed by atoms with E-state index in [0.29, 0.717) is 24.8 Å². The van der Waals surface area contributed by atoms with Crippen molar-refractivity contribution in [2.24, 2.45) is 5.73 Å². The Bertz CT molecular complexity index is 632. The summed E-state index contributed by atoms with van der Waals surface area (Å²) in [5, 5.41) is 5.90. The van der Waals surface area contributed by atoms with Crippen LogP contribution < -0.4 is 21.1 Å². The normalized spacial score (nSPS) is 17.6. The number of primary amides is 1. The Labute approximate surface area is 152 Å². The first-order valence-corrected chi connectivity index (χ1v) is 8.51. The predicted octanol–water partition coefficient (Wildman–Crippen LogP) is 1.57. The minimum absolute atomic E-state index is 0.282. The number of halogens is 1. The smallest absolute Gasteiger partial charge is 0.318 e. The average molecular weight is 370 g/mol. The SMILES string of the molecule is COc1ccc(Cl)cc1C1(CNC(C)C(=O)NC(N)=O)CCOCC1. The lowest BCUT2D eigenvalue weighted by Gasteiger charge is -2.39. The third kappa shape index (κ3) is 4.84. The highest BCUT2D eigenvalue weighted by Crippen LogP contribution is 2.40. The van der Waals surface area contributed by atoms with Gasteiger partial charge < -0.3 is 20.5 Å². The van der Waals surface area contributed by atoms with Crippen LogP contribution in [0.2, 0.25) is 5.02 Å². The minimum atomic E-state index is -0.865. The number of benzene rings is 1. The monoisotopic (exact) mass is 369 g/mol. The van der Waals surface area contributed by atoms with Gasteiger partial charge in [-0.05, 0) is 38.0 Å². The van der Waals surface area contributed by atoms with Crippen LogP contribution in [0.4, 0.5) is 4.79 Å². The van der Waals surface area contributed by atoms with E-state index in [1.165, 1.54) is 0 Å². The predicted molar refractivity (Wildman–Crippen MR) is 94.9 cm³/mol. The van der Waals surface area contributed by atoms with Crippen molar-refractivity contribution in [2.75, 3.05) is 26.9 Å². The Morgan fingerprint density at radius 1 is 1.40 bits per heavy atom. The van der Waals surface area contributed by atoms with Gasteiger partial charge in [0.2, 0.25) is 5.91 Å². The van der Waals surface area contributed by atoms with Crippen molar-refractivity contribution < 1.29 is 19.1 Å². The van der Waals surface area contributed by atoms with Crippen LogP contribution in [0, 0.1) is 0 Å². The Morgan fingerprint density at radius 2 is 2.08 bits per heavy atom. The van der Waals surface area contributed by atoms with Crippen LogP contribution >= 0.6 is 11.6 Å². The number of urea groups is 1. The summed E-state index contributed by atoms with van der Waals surface area (Å²) < 4.78 is 11.0. The molecule has 3 amide bonds. The lowest BCUT2D eigenvalue weighted by Crippen LogP contribution is -2.51. The van der Waals surface area contributed by atoms with Crippen molar-refractivity contribution in [3.8, 4) is 5.75 Å². The van der Waals surface area contributed by atoms with Gasteiger partial charge in [0.05, 0.1) is 13.2 Å². The Hall–Kier alpha value is -1.83. The van der Waals surface area contributed by atoms with Gasteiger partial charge >= 0.3 is 6.03 Å². The highest BCUT2D eigenvalue weighted by Gasteiger charge is 2.37. The number of rotatable bonds is 6. The quantitative estimate of drug-likeness (QED) is 0.706. The molecule has 1 unspecified atom stereocenters. The van der Waals surface area contributed by atoms with E-state index in [1.807, 2.05) is 12.1 Å². The number of amides is 3. The zero-order valence-electron chi connectivity index (χ0n) is 14.4. The van der Waals surface area contributed by atoms with Crippen LogP contribution in [-0.4, -0.2) is 44.8 Å². The summed E-state index contributed by atoms with van der Waals surface area (Å²) in [7, 11) is 1.62. The summed E-state index contributed by atoms with van der Waals surface area (Å²) in [4.78, 5) is 22.7. The highest BCUT2D eigenvalue weighted by atomic mass is 35.5. The van der Waals surface area contributed by atoms with Crippen LogP contribution in [-0.2, 0) is 14.9 Å². The van der Waals surface area contributed by atoms with E-state index in [-0.39, 0.29) is 5.41 Å². The van der Waals surface area contributed by atoms with Gasteiger partial charge in [-0.3, -0.25) is 10.1 Å². The zero-order valence-corrected chi connectivity index (χ0v) is 15.2. The molecule has 0 saturated carbocycles. The number of carbonyl (C=O) groups is 2. The highest BCUT2D eigenvalue weighted by molar-refractivity contribution is 6.30. The van der Waals surface area contributed by atoms with E-state index in [4.69, 9.17) is 26.8 Å². The molecular weight excluding hydrogens is 346 g/mol. The number of methoxy groups -OCH3 is 1. The van der Waals surface area contributed by atoms with Crippen molar-refractivity contribution in [1.82, 2.24) is 10.6 Å². The Balaban J connectivity index is 2.22. The van der Waals surface area contributed by atoms with Crippen molar-refractivity contribution in [3.63, 3.8) is 0 Å². The van der Waals surface area contributed by atoms with E-state index >= 15 is 0 Å². The number of nitrogens with one attached hydrogen (secondary N) is 2. The maximum absolute atomic E-state index is 11.9. The standard InChI is InChI=1S/C17H24ClN3O4/c1-11(15(22)21-16(19)23)20-10-17(5-7-25-8-6-17)13-9-12(18)3-4-14(13)24-2/h3-4,9,11,20H,5-8,10H2,1-2H3,(H3,19,21,22,23). The van der Waals surface area contributed by atoms with E-state index < -0.39 is 18.0 Å². The number of imide groups is 1. The third-order valence-corrected chi connectivity index (χ3v) is 4.80. The molecule has 1 aliphatic rings. The molecule has 0 bridgehead atoms. The molecular formula is C17H24ClN3O4. The summed E-state index contributed by atoms with van der Waals surface area (Å²) in [6.45, 7) is 3.42. The number of hydrogen-bond donors (Lipinski definition) is 3. The van der Waals surface area contributed by atoms with Crippen molar-refractivity contribution in [1.29, 1.82) is 0 Å². The summed E-state index contributed by atoms with van der Waals surface area (Å²) >= 11 is 6.20. The number of hydrogen-bond acceptors (Lipinski definition) is 5. The van der Waals surface area contributed by atoms with E-state index in [9.17, 15) is 9.59 Å². The molecule has 0 aromatic heterocycles. The molecule has 4 N–H and O–H groups in total. The first-order valence-electron chi connectivity index (χ1n) is 8.13. The summed E-state index contributed by atoms with van der Waals surface area (Å²) in [5.41, 5.74) is 5.70. The van der Waals surface area contributed by atoms with Gasteiger partial charge in [0.25, 0.3) is 0 Å². The third-order valence-electron chi connectivity index (χ3n) is 4.57. The van der Waals surface area contributed by atoms with Gasteiger partial charge in [-0.15, -0.1) is 0 Å². The number of ether oxygens (including phenoxy) is 2. The second kappa shape index (κ2) is 8.51.